The standard InChI is InChI=1S/C16H24N2O4S/c1-13(16(19)18-11-5-3-4-6-12-18)17-23(20,21)15-9-7-14(22-2)8-10-15/h7-10,13,17H,3-6,11-12H2,1-2H3/t13-/m1/s1. The summed E-state index contributed by atoms with van der Waals surface area (Å²) >= 11 is 0. The van der Waals surface area contributed by atoms with Gasteiger partial charge in [0.1, 0.15) is 5.75 Å². The van der Waals surface area contributed by atoms with Crippen LogP contribution in [0.4, 0.5) is 0 Å². The maximum atomic E-state index is 12.4. The normalized spacial score (nSPS) is 17.4. The van der Waals surface area contributed by atoms with E-state index < -0.39 is 16.1 Å². The van der Waals surface area contributed by atoms with Gasteiger partial charge in [0.2, 0.25) is 15.9 Å². The van der Waals surface area contributed by atoms with Gasteiger partial charge in [-0.2, -0.15) is 4.72 Å². The number of methoxy groups -OCH3 is 1. The lowest BCUT2D eigenvalue weighted by Gasteiger charge is -2.24. The van der Waals surface area contributed by atoms with Crippen molar-refractivity contribution in [2.45, 2.75) is 43.5 Å². The minimum Gasteiger partial charge on any atom is -0.497 e. The van der Waals surface area contributed by atoms with Crippen molar-refractivity contribution in [2.24, 2.45) is 0 Å². The van der Waals surface area contributed by atoms with Gasteiger partial charge >= 0.3 is 0 Å². The number of hydrogen-bond acceptors (Lipinski definition) is 4. The number of carbonyl (C=O) groups excluding carboxylic acids is 1. The molecule has 1 fully saturated rings. The number of ether oxygens (including phenoxy) is 1. The van der Waals surface area contributed by atoms with Crippen LogP contribution in [0.25, 0.3) is 0 Å². The molecule has 1 atom stereocenters. The molecule has 6 nitrogen and oxygen atoms in total. The first kappa shape index (κ1) is 17.7. The van der Waals surface area contributed by atoms with Crippen molar-refractivity contribution in [2.75, 3.05) is 20.2 Å². The maximum Gasteiger partial charge on any atom is 0.241 e. The summed E-state index contributed by atoms with van der Waals surface area (Å²) in [5.41, 5.74) is 0. The molecule has 1 N–H and O–H groups in total. The Morgan fingerprint density at radius 2 is 1.70 bits per heavy atom. The van der Waals surface area contributed by atoms with Gasteiger partial charge in [0.25, 0.3) is 0 Å². The van der Waals surface area contributed by atoms with Crippen LogP contribution in [-0.4, -0.2) is 45.5 Å². The van der Waals surface area contributed by atoms with Gasteiger partial charge in [-0.05, 0) is 44.0 Å². The lowest BCUT2D eigenvalue weighted by molar-refractivity contribution is -0.132. The summed E-state index contributed by atoms with van der Waals surface area (Å²) < 4.78 is 32.2. The van der Waals surface area contributed by atoms with E-state index in [4.69, 9.17) is 4.74 Å². The van der Waals surface area contributed by atoms with E-state index in [-0.39, 0.29) is 10.8 Å². The van der Waals surface area contributed by atoms with Gasteiger partial charge in [-0.1, -0.05) is 12.8 Å². The fraction of sp³-hybridized carbons (Fsp3) is 0.562. The predicted octanol–water partition coefficient (Wildman–Crippen LogP) is 1.76. The SMILES string of the molecule is COc1ccc(S(=O)(=O)N[C@H](C)C(=O)N2CCCCCC2)cc1. The van der Waals surface area contributed by atoms with Crippen molar-refractivity contribution >= 4 is 15.9 Å². The van der Waals surface area contributed by atoms with E-state index in [0.717, 1.165) is 25.7 Å². The van der Waals surface area contributed by atoms with E-state index in [1.54, 1.807) is 24.0 Å². The van der Waals surface area contributed by atoms with Gasteiger partial charge < -0.3 is 9.64 Å². The Morgan fingerprint density at radius 1 is 1.13 bits per heavy atom. The molecule has 0 aromatic heterocycles. The molecule has 0 radical (unpaired) electrons. The topological polar surface area (TPSA) is 75.7 Å². The van der Waals surface area contributed by atoms with Gasteiger partial charge in [0, 0.05) is 13.1 Å². The van der Waals surface area contributed by atoms with Crippen LogP contribution >= 0.6 is 0 Å². The fourth-order valence-electron chi connectivity index (χ4n) is 2.67. The zero-order valence-electron chi connectivity index (χ0n) is 13.6. The third kappa shape index (κ3) is 4.68. The van der Waals surface area contributed by atoms with Crippen LogP contribution in [-0.2, 0) is 14.8 Å². The molecule has 1 amide bonds. The minimum absolute atomic E-state index is 0.119. The molecule has 1 saturated heterocycles. The number of nitrogens with one attached hydrogen (secondary N) is 1. The number of benzene rings is 1. The third-order valence-corrected chi connectivity index (χ3v) is 5.55. The Balaban J connectivity index is 2.04. The number of amides is 1. The van der Waals surface area contributed by atoms with Crippen LogP contribution in [0.2, 0.25) is 0 Å². The van der Waals surface area contributed by atoms with Crippen LogP contribution < -0.4 is 9.46 Å². The number of sulfonamides is 1. The second-order valence-electron chi connectivity index (χ2n) is 5.76. The van der Waals surface area contributed by atoms with Crippen molar-refractivity contribution in [3.63, 3.8) is 0 Å². The maximum absolute atomic E-state index is 12.4. The Bertz CT molecular complexity index is 620. The smallest absolute Gasteiger partial charge is 0.241 e. The molecule has 0 aliphatic carbocycles. The summed E-state index contributed by atoms with van der Waals surface area (Å²) in [6, 6.07) is 5.31. The summed E-state index contributed by atoms with van der Waals surface area (Å²) in [6.45, 7) is 3.00. The molecule has 23 heavy (non-hydrogen) atoms. The lowest BCUT2D eigenvalue weighted by Crippen LogP contribution is -2.47. The lowest BCUT2D eigenvalue weighted by atomic mass is 10.2. The molecule has 0 bridgehead atoms. The zero-order chi connectivity index (χ0) is 16.9. The number of nitrogens with zero attached hydrogens (tertiary/aromatic N) is 1. The quantitative estimate of drug-likeness (QED) is 0.886. The second kappa shape index (κ2) is 7.79. The summed E-state index contributed by atoms with van der Waals surface area (Å²) in [6.07, 6.45) is 4.19. The highest BCUT2D eigenvalue weighted by Gasteiger charge is 2.26. The fourth-order valence-corrected chi connectivity index (χ4v) is 3.87. The molecule has 1 aliphatic heterocycles. The number of carbonyl (C=O) groups is 1. The van der Waals surface area contributed by atoms with E-state index in [9.17, 15) is 13.2 Å². The van der Waals surface area contributed by atoms with Crippen molar-refractivity contribution in [1.82, 2.24) is 9.62 Å². The van der Waals surface area contributed by atoms with Crippen LogP contribution in [0.1, 0.15) is 32.6 Å². The average Bonchev–Trinajstić information content (AvgIpc) is 2.83. The first-order chi connectivity index (χ1) is 10.9. The molecule has 128 valence electrons. The Morgan fingerprint density at radius 3 is 2.22 bits per heavy atom. The average molecular weight is 340 g/mol. The van der Waals surface area contributed by atoms with Gasteiger partial charge in [0.05, 0.1) is 18.0 Å². The van der Waals surface area contributed by atoms with Gasteiger partial charge in [-0.15, -0.1) is 0 Å². The molecule has 1 aromatic rings. The minimum atomic E-state index is -3.73. The molecular formula is C16H24N2O4S. The summed E-state index contributed by atoms with van der Waals surface area (Å²) in [7, 11) is -2.21. The van der Waals surface area contributed by atoms with Gasteiger partial charge in [-0.25, -0.2) is 8.42 Å². The third-order valence-electron chi connectivity index (χ3n) is 3.99. The second-order valence-corrected chi connectivity index (χ2v) is 7.47. The number of rotatable bonds is 5. The Labute approximate surface area is 137 Å². The first-order valence-corrected chi connectivity index (χ1v) is 9.37. The van der Waals surface area contributed by atoms with Gasteiger partial charge in [-0.3, -0.25) is 4.79 Å². The number of likely N-dealkylation sites (tertiary alicyclic amines) is 1. The van der Waals surface area contributed by atoms with Crippen molar-refractivity contribution in [1.29, 1.82) is 0 Å². The molecule has 1 heterocycles. The van der Waals surface area contributed by atoms with E-state index in [2.05, 4.69) is 4.72 Å². The molecule has 1 aliphatic rings. The summed E-state index contributed by atoms with van der Waals surface area (Å²) in [4.78, 5) is 14.3. The predicted molar refractivity (Wildman–Crippen MR) is 87.8 cm³/mol. The highest BCUT2D eigenvalue weighted by molar-refractivity contribution is 7.89. The van der Waals surface area contributed by atoms with Crippen LogP contribution in [0.15, 0.2) is 29.2 Å². The van der Waals surface area contributed by atoms with Crippen molar-refractivity contribution in [3.05, 3.63) is 24.3 Å². The number of hydrogen-bond donors (Lipinski definition) is 1. The van der Waals surface area contributed by atoms with E-state index in [1.165, 1.54) is 19.2 Å². The molecule has 2 rings (SSSR count). The van der Waals surface area contributed by atoms with Crippen LogP contribution in [0.3, 0.4) is 0 Å². The molecule has 1 aromatic carbocycles. The van der Waals surface area contributed by atoms with Crippen molar-refractivity contribution < 1.29 is 17.9 Å². The molecule has 0 spiro atoms. The van der Waals surface area contributed by atoms with E-state index in [1.807, 2.05) is 0 Å². The Hall–Kier alpha value is -1.60. The van der Waals surface area contributed by atoms with E-state index >= 15 is 0 Å². The largest absolute Gasteiger partial charge is 0.497 e. The zero-order valence-corrected chi connectivity index (χ0v) is 14.4. The monoisotopic (exact) mass is 340 g/mol. The molecule has 0 saturated carbocycles. The molecular weight excluding hydrogens is 316 g/mol. The van der Waals surface area contributed by atoms with Crippen LogP contribution in [0.5, 0.6) is 5.75 Å². The highest BCUT2D eigenvalue weighted by atomic mass is 32.2. The highest BCUT2D eigenvalue weighted by Crippen LogP contribution is 2.16. The summed E-state index contributed by atoms with van der Waals surface area (Å²) in [5, 5.41) is 0. The van der Waals surface area contributed by atoms with Crippen molar-refractivity contribution in [3.8, 4) is 5.75 Å². The van der Waals surface area contributed by atoms with Gasteiger partial charge in [0.15, 0.2) is 0 Å². The summed E-state index contributed by atoms with van der Waals surface area (Å²) in [5.74, 6) is 0.418. The Kier molecular flexibility index (Phi) is 6.01. The van der Waals surface area contributed by atoms with E-state index in [0.29, 0.717) is 18.8 Å². The molecule has 0 unspecified atom stereocenters. The first-order valence-electron chi connectivity index (χ1n) is 7.89. The molecule has 7 heteroatoms. The van der Waals surface area contributed by atoms with Crippen LogP contribution in [0, 0.1) is 0 Å².